The molecule has 1 saturated heterocycles. The molecule has 5 heteroatoms. The van der Waals surface area contributed by atoms with Crippen LogP contribution in [0.3, 0.4) is 0 Å². The van der Waals surface area contributed by atoms with Crippen LogP contribution in [0.2, 0.25) is 0 Å². The van der Waals surface area contributed by atoms with Crippen molar-refractivity contribution in [3.63, 3.8) is 0 Å². The average Bonchev–Trinajstić information content (AvgIpc) is 2.97. The fourth-order valence-corrected chi connectivity index (χ4v) is 2.24. The van der Waals surface area contributed by atoms with Crippen molar-refractivity contribution in [1.29, 1.82) is 0 Å². The SMILES string of the molecule is CN=C(NCC1CCCO1)NC(C)c1ccccc1.I. The van der Waals surface area contributed by atoms with Gasteiger partial charge in [-0.3, -0.25) is 4.99 Å². The minimum absolute atomic E-state index is 0. The number of guanidine groups is 1. The molecule has 2 rings (SSSR count). The number of aliphatic imine (C=N–C) groups is 1. The number of nitrogens with zero attached hydrogens (tertiary/aromatic N) is 1. The zero-order valence-corrected chi connectivity index (χ0v) is 14.5. The van der Waals surface area contributed by atoms with Crippen LogP contribution in [0.25, 0.3) is 0 Å². The number of ether oxygens (including phenoxy) is 1. The number of halogens is 1. The lowest BCUT2D eigenvalue weighted by molar-refractivity contribution is 0.113. The first kappa shape index (κ1) is 17.2. The summed E-state index contributed by atoms with van der Waals surface area (Å²) >= 11 is 0. The maximum absolute atomic E-state index is 5.59. The third-order valence-electron chi connectivity index (χ3n) is 3.40. The molecule has 1 heterocycles. The summed E-state index contributed by atoms with van der Waals surface area (Å²) in [6.07, 6.45) is 2.63. The van der Waals surface area contributed by atoms with E-state index < -0.39 is 0 Å². The van der Waals surface area contributed by atoms with Crippen LogP contribution in [0.1, 0.15) is 31.4 Å². The molecule has 1 aromatic carbocycles. The summed E-state index contributed by atoms with van der Waals surface area (Å²) in [6, 6.07) is 10.6. The van der Waals surface area contributed by atoms with Gasteiger partial charge in [0.05, 0.1) is 12.1 Å². The molecule has 1 aliphatic heterocycles. The second-order valence-corrected chi connectivity index (χ2v) is 4.86. The van der Waals surface area contributed by atoms with E-state index in [2.05, 4.69) is 46.8 Å². The van der Waals surface area contributed by atoms with E-state index in [9.17, 15) is 0 Å². The van der Waals surface area contributed by atoms with Gasteiger partial charge in [-0.05, 0) is 25.3 Å². The Morgan fingerprint density at radius 1 is 1.40 bits per heavy atom. The van der Waals surface area contributed by atoms with Crippen LogP contribution in [-0.2, 0) is 4.74 Å². The summed E-state index contributed by atoms with van der Waals surface area (Å²) < 4.78 is 5.59. The molecule has 0 radical (unpaired) electrons. The Balaban J connectivity index is 0.00000200. The summed E-state index contributed by atoms with van der Waals surface area (Å²) in [5, 5.41) is 6.72. The van der Waals surface area contributed by atoms with Gasteiger partial charge in [0.15, 0.2) is 5.96 Å². The van der Waals surface area contributed by atoms with Crippen LogP contribution in [0.15, 0.2) is 35.3 Å². The van der Waals surface area contributed by atoms with Crippen LogP contribution in [0, 0.1) is 0 Å². The lowest BCUT2D eigenvalue weighted by atomic mass is 10.1. The topological polar surface area (TPSA) is 45.7 Å². The largest absolute Gasteiger partial charge is 0.376 e. The van der Waals surface area contributed by atoms with Gasteiger partial charge >= 0.3 is 0 Å². The smallest absolute Gasteiger partial charge is 0.191 e. The van der Waals surface area contributed by atoms with E-state index in [1.807, 2.05) is 6.07 Å². The highest BCUT2D eigenvalue weighted by atomic mass is 127. The van der Waals surface area contributed by atoms with Crippen LogP contribution in [0.4, 0.5) is 0 Å². The van der Waals surface area contributed by atoms with Crippen molar-refractivity contribution in [1.82, 2.24) is 10.6 Å². The van der Waals surface area contributed by atoms with Gasteiger partial charge in [-0.2, -0.15) is 0 Å². The van der Waals surface area contributed by atoms with Gasteiger partial charge in [0.25, 0.3) is 0 Å². The highest BCUT2D eigenvalue weighted by Gasteiger charge is 2.16. The van der Waals surface area contributed by atoms with E-state index in [0.29, 0.717) is 6.10 Å². The molecule has 2 unspecified atom stereocenters. The van der Waals surface area contributed by atoms with Gasteiger partial charge in [0.2, 0.25) is 0 Å². The second kappa shape index (κ2) is 9.18. The third-order valence-corrected chi connectivity index (χ3v) is 3.40. The molecular formula is C15H24IN3O. The van der Waals surface area contributed by atoms with E-state index in [1.165, 1.54) is 12.0 Å². The van der Waals surface area contributed by atoms with Gasteiger partial charge in [0.1, 0.15) is 0 Å². The van der Waals surface area contributed by atoms with Crippen LogP contribution < -0.4 is 10.6 Å². The standard InChI is InChI=1S/C15H23N3O.HI/c1-12(13-7-4-3-5-8-13)18-15(16-2)17-11-14-9-6-10-19-14;/h3-5,7-8,12,14H,6,9-11H2,1-2H3,(H2,16,17,18);1H. The molecule has 1 aromatic rings. The molecule has 1 aliphatic rings. The lowest BCUT2D eigenvalue weighted by Crippen LogP contribution is -2.42. The predicted molar refractivity (Wildman–Crippen MR) is 93.7 cm³/mol. The van der Waals surface area contributed by atoms with Crippen LogP contribution >= 0.6 is 24.0 Å². The predicted octanol–water partition coefficient (Wildman–Crippen LogP) is 2.71. The molecule has 112 valence electrons. The van der Waals surface area contributed by atoms with Crippen molar-refractivity contribution >= 4 is 29.9 Å². The molecule has 0 aromatic heterocycles. The molecule has 0 spiro atoms. The van der Waals surface area contributed by atoms with Gasteiger partial charge in [-0.1, -0.05) is 30.3 Å². The number of hydrogen-bond acceptors (Lipinski definition) is 2. The summed E-state index contributed by atoms with van der Waals surface area (Å²) in [5.74, 6) is 0.826. The van der Waals surface area contributed by atoms with Crippen molar-refractivity contribution in [2.24, 2.45) is 4.99 Å². The average molecular weight is 389 g/mol. The number of benzene rings is 1. The molecule has 0 aliphatic carbocycles. The first-order chi connectivity index (χ1) is 9.29. The van der Waals surface area contributed by atoms with Gasteiger partial charge in [-0.15, -0.1) is 24.0 Å². The fraction of sp³-hybridized carbons (Fsp3) is 0.533. The Kier molecular flexibility index (Phi) is 7.91. The number of nitrogens with one attached hydrogen (secondary N) is 2. The number of rotatable bonds is 4. The fourth-order valence-electron chi connectivity index (χ4n) is 2.24. The lowest BCUT2D eigenvalue weighted by Gasteiger charge is -2.19. The Labute approximate surface area is 138 Å². The first-order valence-corrected chi connectivity index (χ1v) is 6.93. The van der Waals surface area contributed by atoms with Gasteiger partial charge < -0.3 is 15.4 Å². The van der Waals surface area contributed by atoms with E-state index in [1.54, 1.807) is 7.05 Å². The number of hydrogen-bond donors (Lipinski definition) is 2. The molecule has 20 heavy (non-hydrogen) atoms. The molecule has 4 nitrogen and oxygen atoms in total. The second-order valence-electron chi connectivity index (χ2n) is 4.86. The van der Waals surface area contributed by atoms with Crippen LogP contribution in [0.5, 0.6) is 0 Å². The van der Waals surface area contributed by atoms with E-state index in [0.717, 1.165) is 25.5 Å². The molecule has 0 saturated carbocycles. The summed E-state index contributed by atoms with van der Waals surface area (Å²) in [7, 11) is 1.79. The van der Waals surface area contributed by atoms with Crippen LogP contribution in [-0.4, -0.2) is 32.3 Å². The minimum Gasteiger partial charge on any atom is -0.376 e. The molecule has 2 N–H and O–H groups in total. The normalized spacial score (nSPS) is 20.1. The highest BCUT2D eigenvalue weighted by Crippen LogP contribution is 2.12. The van der Waals surface area contributed by atoms with Crippen molar-refractivity contribution in [2.75, 3.05) is 20.2 Å². The highest BCUT2D eigenvalue weighted by molar-refractivity contribution is 14.0. The zero-order chi connectivity index (χ0) is 13.5. The van der Waals surface area contributed by atoms with E-state index >= 15 is 0 Å². The maximum atomic E-state index is 5.59. The maximum Gasteiger partial charge on any atom is 0.191 e. The van der Waals surface area contributed by atoms with Crippen molar-refractivity contribution < 1.29 is 4.74 Å². The molecule has 2 atom stereocenters. The van der Waals surface area contributed by atoms with Gasteiger partial charge in [-0.25, -0.2) is 0 Å². The van der Waals surface area contributed by atoms with Crippen molar-refractivity contribution in [3.8, 4) is 0 Å². The Bertz CT molecular complexity index is 405. The van der Waals surface area contributed by atoms with E-state index in [-0.39, 0.29) is 30.0 Å². The monoisotopic (exact) mass is 389 g/mol. The molecule has 1 fully saturated rings. The van der Waals surface area contributed by atoms with Gasteiger partial charge in [0, 0.05) is 20.2 Å². The quantitative estimate of drug-likeness (QED) is 0.473. The Morgan fingerprint density at radius 2 is 2.15 bits per heavy atom. The van der Waals surface area contributed by atoms with Crippen molar-refractivity contribution in [3.05, 3.63) is 35.9 Å². The minimum atomic E-state index is 0. The zero-order valence-electron chi connectivity index (χ0n) is 12.1. The first-order valence-electron chi connectivity index (χ1n) is 6.93. The Morgan fingerprint density at radius 3 is 2.75 bits per heavy atom. The van der Waals surface area contributed by atoms with E-state index in [4.69, 9.17) is 4.74 Å². The third kappa shape index (κ3) is 5.28. The summed E-state index contributed by atoms with van der Waals surface area (Å²) in [4.78, 5) is 4.25. The summed E-state index contributed by atoms with van der Waals surface area (Å²) in [6.45, 7) is 3.84. The summed E-state index contributed by atoms with van der Waals surface area (Å²) in [5.41, 5.74) is 1.25. The van der Waals surface area contributed by atoms with Crippen molar-refractivity contribution in [2.45, 2.75) is 31.9 Å². The molecule has 0 amide bonds. The molecular weight excluding hydrogens is 365 g/mol. The Hall–Kier alpha value is -0.820. The molecule has 0 bridgehead atoms.